The van der Waals surface area contributed by atoms with Crippen LogP contribution in [0.3, 0.4) is 0 Å². The molecule has 0 N–H and O–H groups in total. The average molecular weight is 343 g/mol. The molecule has 1 aliphatic rings. The van der Waals surface area contributed by atoms with Crippen molar-refractivity contribution in [1.82, 2.24) is 0 Å². The van der Waals surface area contributed by atoms with E-state index in [4.69, 9.17) is 0 Å². The lowest BCUT2D eigenvalue weighted by Gasteiger charge is -2.45. The molecule has 0 aliphatic heterocycles. The number of rotatable bonds is 2. The van der Waals surface area contributed by atoms with Crippen molar-refractivity contribution in [2.45, 2.75) is 93.9 Å². The molecule has 142 valence electrons. The Hall–Kier alpha value is -0.780. The van der Waals surface area contributed by atoms with Gasteiger partial charge in [0.1, 0.15) is 0 Å². The van der Waals surface area contributed by atoms with E-state index in [1.54, 1.807) is 5.56 Å². The third-order valence-corrected chi connectivity index (χ3v) is 7.00. The zero-order valence-corrected chi connectivity index (χ0v) is 18.6. The van der Waals surface area contributed by atoms with Gasteiger partial charge in [0.15, 0.2) is 0 Å². The highest BCUT2D eigenvalue weighted by Crippen LogP contribution is 2.46. The minimum absolute atomic E-state index is 0.236. The summed E-state index contributed by atoms with van der Waals surface area (Å²) in [5.41, 5.74) is 6.78. The fourth-order valence-electron chi connectivity index (χ4n) is 5.00. The Morgan fingerprint density at radius 1 is 0.840 bits per heavy atom. The maximum absolute atomic E-state index is 2.51. The summed E-state index contributed by atoms with van der Waals surface area (Å²) in [7, 11) is 0. The molecule has 0 amide bonds. The van der Waals surface area contributed by atoms with E-state index >= 15 is 0 Å². The van der Waals surface area contributed by atoms with Crippen LogP contribution in [0.15, 0.2) is 12.1 Å². The van der Waals surface area contributed by atoms with E-state index in [9.17, 15) is 0 Å². The Morgan fingerprint density at radius 2 is 1.28 bits per heavy atom. The van der Waals surface area contributed by atoms with Crippen molar-refractivity contribution in [2.24, 2.45) is 29.1 Å². The first-order valence-corrected chi connectivity index (χ1v) is 10.4. The summed E-state index contributed by atoms with van der Waals surface area (Å²) >= 11 is 0. The predicted octanol–water partition coefficient (Wildman–Crippen LogP) is 7.49. The molecule has 0 aromatic heterocycles. The van der Waals surface area contributed by atoms with Crippen molar-refractivity contribution in [2.75, 3.05) is 0 Å². The third-order valence-electron chi connectivity index (χ3n) is 7.00. The molecule has 2 unspecified atom stereocenters. The highest BCUT2D eigenvalue weighted by atomic mass is 14.4. The molecule has 0 nitrogen and oxygen atoms in total. The van der Waals surface area contributed by atoms with Gasteiger partial charge in [-0.3, -0.25) is 0 Å². The molecule has 0 saturated heterocycles. The molecule has 1 aromatic rings. The van der Waals surface area contributed by atoms with E-state index in [-0.39, 0.29) is 5.41 Å². The normalized spacial score (nSPS) is 28.2. The fraction of sp³-hybridized carbons (Fsp3) is 0.760. The number of aryl methyl sites for hydroxylation is 2. The van der Waals surface area contributed by atoms with Crippen LogP contribution in [0.4, 0.5) is 0 Å². The monoisotopic (exact) mass is 342 g/mol. The molecule has 25 heavy (non-hydrogen) atoms. The second-order valence-corrected chi connectivity index (χ2v) is 11.2. The van der Waals surface area contributed by atoms with Gasteiger partial charge in [0.25, 0.3) is 0 Å². The highest BCUT2D eigenvalue weighted by molar-refractivity contribution is 5.40. The molecular formula is C25H42. The van der Waals surface area contributed by atoms with Gasteiger partial charge in [0.2, 0.25) is 0 Å². The van der Waals surface area contributed by atoms with Gasteiger partial charge >= 0.3 is 0 Å². The van der Waals surface area contributed by atoms with Crippen LogP contribution >= 0.6 is 0 Å². The van der Waals surface area contributed by atoms with Crippen molar-refractivity contribution in [3.63, 3.8) is 0 Å². The Morgan fingerprint density at radius 3 is 1.64 bits per heavy atom. The largest absolute Gasteiger partial charge is 0.0622 e. The SMILES string of the molecule is Cc1cc(C(C)(C)C)cc(C)c1CC1[C@H](C)CC(C(C)(C)C)C[C@@H]1C. The van der Waals surface area contributed by atoms with Gasteiger partial charge in [-0.25, -0.2) is 0 Å². The summed E-state index contributed by atoms with van der Waals surface area (Å²) in [6.45, 7) is 23.9. The minimum Gasteiger partial charge on any atom is -0.0622 e. The Kier molecular flexibility index (Phi) is 5.82. The Balaban J connectivity index is 2.23. The van der Waals surface area contributed by atoms with Crippen LogP contribution in [0.1, 0.15) is 90.5 Å². The highest BCUT2D eigenvalue weighted by Gasteiger charge is 2.38. The smallest absolute Gasteiger partial charge is 0.0132 e. The molecule has 1 aliphatic carbocycles. The molecule has 0 heteroatoms. The van der Waals surface area contributed by atoms with Gasteiger partial charge in [-0.05, 0) is 89.9 Å². The number of hydrogen-bond donors (Lipinski definition) is 0. The van der Waals surface area contributed by atoms with Crippen molar-refractivity contribution in [3.8, 4) is 0 Å². The van der Waals surface area contributed by atoms with Crippen LogP contribution in [0.25, 0.3) is 0 Å². The van der Waals surface area contributed by atoms with E-state index in [2.05, 4.69) is 81.4 Å². The first-order chi connectivity index (χ1) is 11.3. The second-order valence-electron chi connectivity index (χ2n) is 11.2. The number of benzene rings is 1. The number of hydrogen-bond acceptors (Lipinski definition) is 0. The first-order valence-electron chi connectivity index (χ1n) is 10.4. The quantitative estimate of drug-likeness (QED) is 0.522. The molecule has 0 bridgehead atoms. The molecule has 2 rings (SSSR count). The van der Waals surface area contributed by atoms with Crippen LogP contribution in [0.5, 0.6) is 0 Å². The molecule has 1 saturated carbocycles. The molecule has 0 radical (unpaired) electrons. The van der Waals surface area contributed by atoms with E-state index < -0.39 is 0 Å². The lowest BCUT2D eigenvalue weighted by Crippen LogP contribution is -2.36. The minimum atomic E-state index is 0.236. The van der Waals surface area contributed by atoms with E-state index in [0.717, 1.165) is 23.7 Å². The molecule has 4 atom stereocenters. The van der Waals surface area contributed by atoms with Crippen LogP contribution in [0, 0.1) is 42.9 Å². The van der Waals surface area contributed by atoms with Gasteiger partial charge in [-0.2, -0.15) is 0 Å². The van der Waals surface area contributed by atoms with E-state index in [1.165, 1.54) is 36.0 Å². The summed E-state index contributed by atoms with van der Waals surface area (Å²) < 4.78 is 0. The average Bonchev–Trinajstić information content (AvgIpc) is 2.42. The zero-order chi connectivity index (χ0) is 19.2. The first kappa shape index (κ1) is 20.5. The lowest BCUT2D eigenvalue weighted by molar-refractivity contribution is 0.0630. The predicted molar refractivity (Wildman–Crippen MR) is 112 cm³/mol. The fourth-order valence-corrected chi connectivity index (χ4v) is 5.00. The third kappa shape index (κ3) is 4.69. The summed E-state index contributed by atoms with van der Waals surface area (Å²) in [5.74, 6) is 3.36. The lowest BCUT2D eigenvalue weighted by atomic mass is 9.61. The maximum atomic E-state index is 2.51. The molecule has 1 aromatic carbocycles. The van der Waals surface area contributed by atoms with E-state index in [0.29, 0.717) is 5.41 Å². The maximum Gasteiger partial charge on any atom is -0.0132 e. The molecule has 1 fully saturated rings. The topological polar surface area (TPSA) is 0 Å². The Bertz CT molecular complexity index is 558. The summed E-state index contributed by atoms with van der Waals surface area (Å²) in [6.07, 6.45) is 4.06. The van der Waals surface area contributed by atoms with Gasteiger partial charge in [-0.15, -0.1) is 0 Å². The van der Waals surface area contributed by atoms with Crippen molar-refractivity contribution in [1.29, 1.82) is 0 Å². The summed E-state index contributed by atoms with van der Waals surface area (Å²) in [4.78, 5) is 0. The standard InChI is InChI=1S/C25H42/c1-16-11-20(24(5,6)7)12-17(2)22(16)15-23-18(3)13-21(14-19(23)4)25(8,9)10/h11-12,18-19,21,23H,13-15H2,1-10H3/t18-,19+,21?,23?. The van der Waals surface area contributed by atoms with Crippen LogP contribution in [0.2, 0.25) is 0 Å². The van der Waals surface area contributed by atoms with Gasteiger partial charge in [0, 0.05) is 0 Å². The zero-order valence-electron chi connectivity index (χ0n) is 18.6. The van der Waals surface area contributed by atoms with Crippen LogP contribution in [-0.2, 0) is 11.8 Å². The molecular weight excluding hydrogens is 300 g/mol. The van der Waals surface area contributed by atoms with Crippen LogP contribution in [-0.4, -0.2) is 0 Å². The van der Waals surface area contributed by atoms with Gasteiger partial charge in [0.05, 0.1) is 0 Å². The summed E-state index contributed by atoms with van der Waals surface area (Å²) in [6, 6.07) is 4.89. The molecule has 0 heterocycles. The van der Waals surface area contributed by atoms with E-state index in [1.807, 2.05) is 0 Å². The Labute approximate surface area is 157 Å². The summed E-state index contributed by atoms with van der Waals surface area (Å²) in [5, 5.41) is 0. The van der Waals surface area contributed by atoms with Crippen molar-refractivity contribution >= 4 is 0 Å². The van der Waals surface area contributed by atoms with Gasteiger partial charge in [-0.1, -0.05) is 67.5 Å². The van der Waals surface area contributed by atoms with Gasteiger partial charge < -0.3 is 0 Å². The van der Waals surface area contributed by atoms with Crippen LogP contribution < -0.4 is 0 Å². The molecule has 0 spiro atoms. The van der Waals surface area contributed by atoms with Crippen molar-refractivity contribution in [3.05, 3.63) is 34.4 Å². The van der Waals surface area contributed by atoms with Crippen molar-refractivity contribution < 1.29 is 0 Å². The second kappa shape index (κ2) is 7.09.